The third kappa shape index (κ3) is 8.15. The zero-order valence-electron chi connectivity index (χ0n) is 30.5. The van der Waals surface area contributed by atoms with E-state index in [1.54, 1.807) is 6.20 Å². The average Bonchev–Trinajstić information content (AvgIpc) is 3.54. The van der Waals surface area contributed by atoms with Crippen LogP contribution in [0.15, 0.2) is 150 Å². The zero-order valence-corrected chi connectivity index (χ0v) is 34.0. The minimum atomic E-state index is -1.79. The fraction of sp³-hybridized carbons (Fsp3) is 0.130. The Morgan fingerprint density at radius 3 is 2.12 bits per heavy atom. The molecule has 5 heteroatoms. The molecule has 0 aliphatic carbocycles. The van der Waals surface area contributed by atoms with Crippen molar-refractivity contribution in [3.63, 3.8) is 0 Å². The number of hydrogen-bond acceptors (Lipinski definition) is 3. The van der Waals surface area contributed by atoms with Gasteiger partial charge in [0.15, 0.2) is 0 Å². The van der Waals surface area contributed by atoms with Crippen LogP contribution in [-0.4, -0.2) is 23.2 Å². The second kappa shape index (κ2) is 15.7. The van der Waals surface area contributed by atoms with Crippen molar-refractivity contribution in [3.8, 4) is 44.8 Å². The maximum Gasteiger partial charge on any atom is 0 e. The summed E-state index contributed by atoms with van der Waals surface area (Å²) in [5.74, 6) is 6.49. The fourth-order valence-electron chi connectivity index (χ4n) is 6.07. The maximum absolute atomic E-state index is 8.29. The summed E-state index contributed by atoms with van der Waals surface area (Å²) in [6.45, 7) is 3.76. The summed E-state index contributed by atoms with van der Waals surface area (Å²) < 4.78 is 15.9. The van der Waals surface area contributed by atoms with Gasteiger partial charge in [0, 0.05) is 27.7 Å². The summed E-state index contributed by atoms with van der Waals surface area (Å²) in [4.78, 5) is 9.16. The Morgan fingerprint density at radius 1 is 0.686 bits per heavy atom. The number of benzene rings is 5. The Labute approximate surface area is 318 Å². The van der Waals surface area contributed by atoms with Gasteiger partial charge in [0.1, 0.15) is 5.58 Å². The molecule has 51 heavy (non-hydrogen) atoms. The second-order valence-corrected chi connectivity index (χ2v) is 24.4. The summed E-state index contributed by atoms with van der Waals surface area (Å²) in [6, 6.07) is 52.2. The summed E-state index contributed by atoms with van der Waals surface area (Å²) in [5.41, 5.74) is 10.9. The molecule has 0 aliphatic heterocycles. The van der Waals surface area contributed by atoms with Crippen molar-refractivity contribution >= 4 is 39.6 Å². The molecule has 0 spiro atoms. The van der Waals surface area contributed by atoms with E-state index in [2.05, 4.69) is 118 Å². The van der Waals surface area contributed by atoms with Crippen molar-refractivity contribution in [2.24, 2.45) is 0 Å². The van der Waals surface area contributed by atoms with E-state index in [1.807, 2.05) is 74.5 Å². The first-order valence-electron chi connectivity index (χ1n) is 17.5. The van der Waals surface area contributed by atoms with Crippen LogP contribution in [0, 0.1) is 12.1 Å². The second-order valence-electron chi connectivity index (χ2n) is 13.7. The SMILES string of the molecule is [2H]C(C)(C)c1ccnc(-c2[c-]c3oc4cccc(-c5ccccc5)c4c3cc2)c1.[CH3][Ge]([CH3])([CH3])[c]1ccc(-c2[c-]ccc(-c3ccccc3)c2)nc1.[Ir]. The number of hydrogen-bond donors (Lipinski definition) is 0. The number of nitrogens with zero attached hydrogens (tertiary/aromatic N) is 2. The van der Waals surface area contributed by atoms with Crippen molar-refractivity contribution in [1.82, 2.24) is 9.97 Å². The van der Waals surface area contributed by atoms with E-state index in [0.717, 1.165) is 61.1 Å². The molecule has 3 heterocycles. The van der Waals surface area contributed by atoms with Crippen molar-refractivity contribution in [2.75, 3.05) is 0 Å². The number of pyridine rings is 2. The van der Waals surface area contributed by atoms with Gasteiger partial charge in [-0.15, -0.1) is 17.7 Å². The van der Waals surface area contributed by atoms with E-state index < -0.39 is 19.2 Å². The van der Waals surface area contributed by atoms with Crippen LogP contribution in [0.1, 0.15) is 26.7 Å². The molecular weight excluding hydrogens is 861 g/mol. The maximum atomic E-state index is 8.29. The molecule has 3 aromatic heterocycles. The van der Waals surface area contributed by atoms with Crippen LogP contribution in [0.4, 0.5) is 0 Å². The van der Waals surface area contributed by atoms with Crippen molar-refractivity contribution in [1.29, 1.82) is 0 Å². The van der Waals surface area contributed by atoms with E-state index in [4.69, 9.17) is 5.79 Å². The van der Waals surface area contributed by atoms with Gasteiger partial charge in [-0.25, -0.2) is 0 Å². The van der Waals surface area contributed by atoms with Gasteiger partial charge in [0.2, 0.25) is 0 Å². The van der Waals surface area contributed by atoms with Gasteiger partial charge in [-0.1, -0.05) is 79.4 Å². The predicted molar refractivity (Wildman–Crippen MR) is 212 cm³/mol. The van der Waals surface area contributed by atoms with Gasteiger partial charge in [-0.2, -0.15) is 0 Å². The molecule has 3 nitrogen and oxygen atoms in total. The van der Waals surface area contributed by atoms with Crippen molar-refractivity contribution in [2.45, 2.75) is 37.0 Å². The Bertz CT molecular complexity index is 2430. The number of fused-ring (bicyclic) bond motifs is 3. The Hall–Kier alpha value is -4.61. The Kier molecular flexibility index (Phi) is 10.7. The minimum absolute atomic E-state index is 0. The standard InChI is InChI=1S/C26H20NO.C20H20GeN.Ir/c1-17(2)19-13-14-27-23(15-19)20-11-12-22-25(16-20)28-24-10-6-9-21(26(22)24)18-7-4-3-5-8-18;1-21(2,3)19-12-13-20(22-15-19)18-11-7-10-17(14-18)16-8-5-4-6-9-16;/h3-15,17H,1-2H3;4-10,12-15H,1-3H3;/q2*-1;/i17D;;. The first-order valence-corrected chi connectivity index (χ1v) is 24.3. The minimum Gasteiger partial charge on any atom is 0 e. The van der Waals surface area contributed by atoms with Crippen LogP contribution in [0.3, 0.4) is 0 Å². The molecule has 5 aromatic carbocycles. The van der Waals surface area contributed by atoms with Crippen molar-refractivity contribution < 1.29 is 25.9 Å². The molecule has 0 fully saturated rings. The van der Waals surface area contributed by atoms with Crippen LogP contribution in [0.5, 0.6) is 0 Å². The molecule has 0 unspecified atom stereocenters. The summed E-state index contributed by atoms with van der Waals surface area (Å²) in [5, 5.41) is 2.14. The number of rotatable bonds is 6. The van der Waals surface area contributed by atoms with Crippen LogP contribution in [0.25, 0.3) is 66.7 Å². The topological polar surface area (TPSA) is 38.9 Å². The average molecular weight is 903 g/mol. The van der Waals surface area contributed by atoms with Crippen LogP contribution in [-0.2, 0) is 20.1 Å². The molecule has 1 radical (unpaired) electrons. The van der Waals surface area contributed by atoms with Gasteiger partial charge in [-0.3, -0.25) is 0 Å². The Balaban J connectivity index is 0.000000182. The normalized spacial score (nSPS) is 11.7. The van der Waals surface area contributed by atoms with Gasteiger partial charge >= 0.3 is 135 Å². The van der Waals surface area contributed by atoms with Gasteiger partial charge in [0.05, 0.1) is 5.58 Å². The summed E-state index contributed by atoms with van der Waals surface area (Å²) in [6.07, 6.45) is 3.81. The smallest absolute Gasteiger partial charge is 0 e. The largest absolute Gasteiger partial charge is 0 e. The van der Waals surface area contributed by atoms with Crippen molar-refractivity contribution in [3.05, 3.63) is 164 Å². The summed E-state index contributed by atoms with van der Waals surface area (Å²) in [7, 11) is 0. The monoisotopic (exact) mass is 904 g/mol. The molecular formula is C46H40GeIrN2O-2. The van der Waals surface area contributed by atoms with E-state index in [-0.39, 0.29) is 20.1 Å². The molecule has 0 atom stereocenters. The van der Waals surface area contributed by atoms with Crippen LogP contribution in [0.2, 0.25) is 17.3 Å². The van der Waals surface area contributed by atoms with E-state index in [0.29, 0.717) is 0 Å². The zero-order chi connectivity index (χ0) is 35.6. The van der Waals surface area contributed by atoms with Gasteiger partial charge in [-0.05, 0) is 40.2 Å². The Morgan fingerprint density at radius 2 is 1.43 bits per heavy atom. The van der Waals surface area contributed by atoms with E-state index in [1.165, 1.54) is 15.5 Å². The molecule has 8 rings (SSSR count). The number of furan rings is 1. The molecule has 0 aliphatic rings. The molecule has 0 saturated carbocycles. The van der Waals surface area contributed by atoms with Gasteiger partial charge < -0.3 is 9.40 Å². The predicted octanol–water partition coefficient (Wildman–Crippen LogP) is 12.0. The number of aromatic nitrogens is 2. The molecule has 8 aromatic rings. The van der Waals surface area contributed by atoms with E-state index in [9.17, 15) is 0 Å². The fourth-order valence-corrected chi connectivity index (χ4v) is 8.24. The molecule has 255 valence electrons. The molecule has 0 N–H and O–H groups in total. The quantitative estimate of drug-likeness (QED) is 0.123. The molecule has 0 amide bonds. The first-order chi connectivity index (χ1) is 24.5. The van der Waals surface area contributed by atoms with Crippen LogP contribution < -0.4 is 4.40 Å². The third-order valence-electron chi connectivity index (χ3n) is 8.93. The third-order valence-corrected chi connectivity index (χ3v) is 13.2. The summed E-state index contributed by atoms with van der Waals surface area (Å²) >= 11 is -1.79. The molecule has 0 saturated heterocycles. The first kappa shape index (κ1) is 34.8. The van der Waals surface area contributed by atoms with Gasteiger partial charge in [0.25, 0.3) is 0 Å². The van der Waals surface area contributed by atoms with Crippen LogP contribution >= 0.6 is 0 Å². The molecule has 0 bridgehead atoms. The van der Waals surface area contributed by atoms with E-state index >= 15 is 0 Å².